The van der Waals surface area contributed by atoms with Gasteiger partial charge in [0.2, 0.25) is 5.88 Å². The lowest BCUT2D eigenvalue weighted by molar-refractivity contribution is 0.271. The lowest BCUT2D eigenvalue weighted by atomic mass is 9.77. The number of nitrogens with zero attached hydrogens (tertiary/aromatic N) is 2. The number of hydrogen-bond donors (Lipinski definition) is 2. The van der Waals surface area contributed by atoms with Crippen molar-refractivity contribution in [2.45, 2.75) is 45.1 Å². The summed E-state index contributed by atoms with van der Waals surface area (Å²) >= 11 is 0. The van der Waals surface area contributed by atoms with E-state index >= 15 is 0 Å². The molecule has 3 N–H and O–H groups in total. The minimum Gasteiger partial charge on any atom is -0.481 e. The standard InChI is InChI=1S/C14H24N4O/c1-10-4-6-14(9-15,7-5-10)18-12-8-13(19-3)17-11(2)16-12/h8,10H,4-7,9,15H2,1-3H3,(H,16,17,18). The zero-order chi connectivity index (χ0) is 13.9. The molecule has 0 aromatic carbocycles. The van der Waals surface area contributed by atoms with Gasteiger partial charge in [-0.3, -0.25) is 0 Å². The first-order chi connectivity index (χ1) is 9.07. The number of aromatic nitrogens is 2. The Morgan fingerprint density at radius 1 is 1.42 bits per heavy atom. The van der Waals surface area contributed by atoms with Crippen molar-refractivity contribution in [2.24, 2.45) is 11.7 Å². The highest BCUT2D eigenvalue weighted by molar-refractivity contribution is 5.41. The fourth-order valence-corrected chi connectivity index (χ4v) is 2.68. The Labute approximate surface area is 115 Å². The number of anilines is 1. The molecule has 106 valence electrons. The maximum atomic E-state index is 6.00. The Balaban J connectivity index is 2.16. The van der Waals surface area contributed by atoms with Crippen LogP contribution in [0.2, 0.25) is 0 Å². The SMILES string of the molecule is COc1cc(NC2(CN)CCC(C)CC2)nc(C)n1. The minimum atomic E-state index is -0.0294. The second-order valence-corrected chi connectivity index (χ2v) is 5.63. The highest BCUT2D eigenvalue weighted by Crippen LogP contribution is 2.34. The Hall–Kier alpha value is -1.36. The molecule has 0 saturated heterocycles. The van der Waals surface area contributed by atoms with Crippen LogP contribution < -0.4 is 15.8 Å². The average molecular weight is 264 g/mol. The maximum absolute atomic E-state index is 6.00. The minimum absolute atomic E-state index is 0.0294. The summed E-state index contributed by atoms with van der Waals surface area (Å²) in [7, 11) is 1.62. The molecule has 1 aliphatic carbocycles. The van der Waals surface area contributed by atoms with Gasteiger partial charge >= 0.3 is 0 Å². The van der Waals surface area contributed by atoms with Crippen LogP contribution in [0.3, 0.4) is 0 Å². The number of hydrogen-bond acceptors (Lipinski definition) is 5. The van der Waals surface area contributed by atoms with Crippen LogP contribution in [0.4, 0.5) is 5.82 Å². The van der Waals surface area contributed by atoms with Gasteiger partial charge in [0.1, 0.15) is 11.6 Å². The molecule has 0 unspecified atom stereocenters. The van der Waals surface area contributed by atoms with E-state index in [1.165, 1.54) is 12.8 Å². The largest absolute Gasteiger partial charge is 0.481 e. The first-order valence-corrected chi connectivity index (χ1v) is 6.95. The van der Waals surface area contributed by atoms with Crippen LogP contribution in [-0.4, -0.2) is 29.2 Å². The number of methoxy groups -OCH3 is 1. The topological polar surface area (TPSA) is 73.1 Å². The lowest BCUT2D eigenvalue weighted by Crippen LogP contribution is -2.48. The third kappa shape index (κ3) is 3.35. The van der Waals surface area contributed by atoms with Crippen molar-refractivity contribution >= 4 is 5.82 Å². The molecule has 0 bridgehead atoms. The molecule has 19 heavy (non-hydrogen) atoms. The van der Waals surface area contributed by atoms with E-state index in [2.05, 4.69) is 22.2 Å². The smallest absolute Gasteiger partial charge is 0.218 e. The zero-order valence-corrected chi connectivity index (χ0v) is 12.1. The average Bonchev–Trinajstić information content (AvgIpc) is 2.41. The third-order valence-electron chi connectivity index (χ3n) is 4.04. The zero-order valence-electron chi connectivity index (χ0n) is 12.1. The van der Waals surface area contributed by atoms with Crippen LogP contribution in [0.1, 0.15) is 38.4 Å². The summed E-state index contributed by atoms with van der Waals surface area (Å²) in [4.78, 5) is 8.63. The first kappa shape index (κ1) is 14.1. The van der Waals surface area contributed by atoms with Gasteiger partial charge in [0.15, 0.2) is 0 Å². The number of rotatable bonds is 4. The van der Waals surface area contributed by atoms with Crippen LogP contribution in [0.25, 0.3) is 0 Å². The van der Waals surface area contributed by atoms with Gasteiger partial charge in [-0.15, -0.1) is 0 Å². The Morgan fingerprint density at radius 2 is 2.11 bits per heavy atom. The Kier molecular flexibility index (Phi) is 4.24. The quantitative estimate of drug-likeness (QED) is 0.871. The van der Waals surface area contributed by atoms with Crippen molar-refractivity contribution in [3.05, 3.63) is 11.9 Å². The van der Waals surface area contributed by atoms with Gasteiger partial charge < -0.3 is 15.8 Å². The van der Waals surface area contributed by atoms with E-state index in [-0.39, 0.29) is 5.54 Å². The van der Waals surface area contributed by atoms with Crippen molar-refractivity contribution in [1.29, 1.82) is 0 Å². The van der Waals surface area contributed by atoms with Gasteiger partial charge in [-0.1, -0.05) is 6.92 Å². The normalized spacial score (nSPS) is 27.1. The molecule has 5 heteroatoms. The molecule has 0 aliphatic heterocycles. The predicted molar refractivity (Wildman–Crippen MR) is 76.4 cm³/mol. The summed E-state index contributed by atoms with van der Waals surface area (Å²) in [5, 5.41) is 3.52. The van der Waals surface area contributed by atoms with Gasteiger partial charge in [0.05, 0.1) is 12.6 Å². The van der Waals surface area contributed by atoms with Crippen LogP contribution in [0.5, 0.6) is 5.88 Å². The Bertz CT molecular complexity index is 427. The van der Waals surface area contributed by atoms with E-state index in [1.54, 1.807) is 7.11 Å². The van der Waals surface area contributed by atoms with Crippen LogP contribution in [-0.2, 0) is 0 Å². The maximum Gasteiger partial charge on any atom is 0.218 e. The van der Waals surface area contributed by atoms with Crippen LogP contribution in [0.15, 0.2) is 6.07 Å². The molecule has 0 atom stereocenters. The summed E-state index contributed by atoms with van der Waals surface area (Å²) in [6.45, 7) is 4.80. The molecule has 1 saturated carbocycles. The summed E-state index contributed by atoms with van der Waals surface area (Å²) in [5.41, 5.74) is 5.97. The summed E-state index contributed by atoms with van der Waals surface area (Å²) in [6.07, 6.45) is 4.61. The van der Waals surface area contributed by atoms with Crippen LogP contribution in [0, 0.1) is 12.8 Å². The molecule has 1 aliphatic rings. The van der Waals surface area contributed by atoms with E-state index in [1.807, 2.05) is 13.0 Å². The fraction of sp³-hybridized carbons (Fsp3) is 0.714. The molecule has 1 fully saturated rings. The van der Waals surface area contributed by atoms with Gasteiger partial charge in [-0.2, -0.15) is 4.98 Å². The number of aryl methyl sites for hydroxylation is 1. The number of nitrogens with one attached hydrogen (secondary N) is 1. The molecular weight excluding hydrogens is 240 g/mol. The predicted octanol–water partition coefficient (Wildman–Crippen LogP) is 2.11. The molecule has 1 aromatic rings. The second kappa shape index (κ2) is 5.74. The molecule has 1 heterocycles. The van der Waals surface area contributed by atoms with Crippen molar-refractivity contribution in [1.82, 2.24) is 9.97 Å². The summed E-state index contributed by atoms with van der Waals surface area (Å²) in [5.74, 6) is 2.90. The lowest BCUT2D eigenvalue weighted by Gasteiger charge is -2.39. The first-order valence-electron chi connectivity index (χ1n) is 6.95. The third-order valence-corrected chi connectivity index (χ3v) is 4.04. The van der Waals surface area contributed by atoms with Gasteiger partial charge in [-0.05, 0) is 38.5 Å². The van der Waals surface area contributed by atoms with E-state index in [0.717, 1.165) is 24.6 Å². The molecule has 2 rings (SSSR count). The summed E-state index contributed by atoms with van der Waals surface area (Å²) in [6, 6.07) is 1.84. The molecule has 5 nitrogen and oxygen atoms in total. The number of ether oxygens (including phenoxy) is 1. The van der Waals surface area contributed by atoms with Crippen molar-refractivity contribution < 1.29 is 4.74 Å². The monoisotopic (exact) mass is 264 g/mol. The van der Waals surface area contributed by atoms with Gasteiger partial charge in [-0.25, -0.2) is 4.98 Å². The molecule has 1 aromatic heterocycles. The fourth-order valence-electron chi connectivity index (χ4n) is 2.68. The highest BCUT2D eigenvalue weighted by Gasteiger charge is 2.33. The van der Waals surface area contributed by atoms with Crippen molar-refractivity contribution in [3.8, 4) is 5.88 Å². The van der Waals surface area contributed by atoms with Crippen molar-refractivity contribution in [2.75, 3.05) is 19.0 Å². The number of nitrogens with two attached hydrogens (primary N) is 1. The van der Waals surface area contributed by atoms with Gasteiger partial charge in [0.25, 0.3) is 0 Å². The Morgan fingerprint density at radius 3 is 2.68 bits per heavy atom. The molecular formula is C14H24N4O. The van der Waals surface area contributed by atoms with E-state index < -0.39 is 0 Å². The molecule has 0 spiro atoms. The molecule has 0 radical (unpaired) electrons. The van der Waals surface area contributed by atoms with E-state index in [9.17, 15) is 0 Å². The molecule has 0 amide bonds. The van der Waals surface area contributed by atoms with E-state index in [0.29, 0.717) is 18.2 Å². The van der Waals surface area contributed by atoms with Crippen LogP contribution >= 0.6 is 0 Å². The summed E-state index contributed by atoms with van der Waals surface area (Å²) < 4.78 is 5.19. The van der Waals surface area contributed by atoms with Crippen molar-refractivity contribution in [3.63, 3.8) is 0 Å². The van der Waals surface area contributed by atoms with E-state index in [4.69, 9.17) is 10.5 Å². The highest BCUT2D eigenvalue weighted by atomic mass is 16.5. The van der Waals surface area contributed by atoms with Gasteiger partial charge in [0, 0.05) is 12.6 Å². The second-order valence-electron chi connectivity index (χ2n) is 5.63.